The van der Waals surface area contributed by atoms with Crippen LogP contribution in [0, 0.1) is 5.92 Å². The number of carbonyl (C=O) groups excluding carboxylic acids is 1. The van der Waals surface area contributed by atoms with Crippen molar-refractivity contribution in [2.24, 2.45) is 5.92 Å². The van der Waals surface area contributed by atoms with E-state index in [-0.39, 0.29) is 6.10 Å². The van der Waals surface area contributed by atoms with E-state index in [1.807, 2.05) is 11.9 Å². The van der Waals surface area contributed by atoms with Crippen LogP contribution < -0.4 is 5.32 Å². The molecule has 2 aliphatic rings. The summed E-state index contributed by atoms with van der Waals surface area (Å²) in [5, 5.41) is 3.10. The van der Waals surface area contributed by atoms with Crippen LogP contribution >= 0.6 is 0 Å². The van der Waals surface area contributed by atoms with Gasteiger partial charge in [0.1, 0.15) is 0 Å². The number of nitrogens with one attached hydrogen (secondary N) is 1. The van der Waals surface area contributed by atoms with Crippen LogP contribution in [0.3, 0.4) is 0 Å². The maximum atomic E-state index is 12.2. The molecule has 1 amide bonds. The van der Waals surface area contributed by atoms with Crippen LogP contribution in [-0.2, 0) is 9.53 Å². The summed E-state index contributed by atoms with van der Waals surface area (Å²) in [7, 11) is 1.92. The summed E-state index contributed by atoms with van der Waals surface area (Å²) >= 11 is 0. The van der Waals surface area contributed by atoms with E-state index in [2.05, 4.69) is 5.32 Å². The molecule has 1 heterocycles. The number of nitrogens with zero attached hydrogens (tertiary/aromatic N) is 1. The van der Waals surface area contributed by atoms with Crippen LogP contribution in [0.5, 0.6) is 0 Å². The summed E-state index contributed by atoms with van der Waals surface area (Å²) < 4.78 is 5.61. The topological polar surface area (TPSA) is 41.6 Å². The Morgan fingerprint density at radius 2 is 2.19 bits per heavy atom. The summed E-state index contributed by atoms with van der Waals surface area (Å²) in [5.41, 5.74) is 0. The van der Waals surface area contributed by atoms with Crippen molar-refractivity contribution in [3.8, 4) is 0 Å². The predicted molar refractivity (Wildman–Crippen MR) is 62.2 cm³/mol. The first-order valence-electron chi connectivity index (χ1n) is 6.36. The predicted octanol–water partition coefficient (Wildman–Crippen LogP) is 0.623. The quantitative estimate of drug-likeness (QED) is 0.767. The van der Waals surface area contributed by atoms with Gasteiger partial charge >= 0.3 is 0 Å². The molecule has 0 bridgehead atoms. The van der Waals surface area contributed by atoms with Gasteiger partial charge in [-0.25, -0.2) is 0 Å². The minimum Gasteiger partial charge on any atom is -0.373 e. The molecule has 2 rings (SSSR count). The van der Waals surface area contributed by atoms with E-state index < -0.39 is 0 Å². The van der Waals surface area contributed by atoms with Crippen LogP contribution in [0.25, 0.3) is 0 Å². The third-order valence-electron chi connectivity index (χ3n) is 3.59. The third kappa shape index (κ3) is 2.74. The summed E-state index contributed by atoms with van der Waals surface area (Å²) in [6.45, 7) is 3.05. The molecule has 92 valence electrons. The zero-order chi connectivity index (χ0) is 11.4. The van der Waals surface area contributed by atoms with E-state index in [1.165, 1.54) is 12.8 Å². The Labute approximate surface area is 97.3 Å². The lowest BCUT2D eigenvalue weighted by atomic mass is 10.1. The molecule has 2 fully saturated rings. The fraction of sp³-hybridized carbons (Fsp3) is 0.917. The Balaban J connectivity index is 1.85. The van der Waals surface area contributed by atoms with Crippen molar-refractivity contribution in [3.05, 3.63) is 0 Å². The van der Waals surface area contributed by atoms with Gasteiger partial charge in [-0.15, -0.1) is 0 Å². The molecule has 1 atom stereocenters. The average Bonchev–Trinajstić information content (AvgIpc) is 2.82. The number of ether oxygens (including phenoxy) is 1. The summed E-state index contributed by atoms with van der Waals surface area (Å²) in [6.07, 6.45) is 4.80. The summed E-state index contributed by atoms with van der Waals surface area (Å²) in [4.78, 5) is 14.2. The van der Waals surface area contributed by atoms with Crippen molar-refractivity contribution in [2.45, 2.75) is 31.8 Å². The molecule has 1 saturated heterocycles. The molecule has 0 aromatic heterocycles. The second kappa shape index (κ2) is 5.64. The molecule has 1 aliphatic heterocycles. The number of carbonyl (C=O) groups is 1. The van der Waals surface area contributed by atoms with Gasteiger partial charge in [0.25, 0.3) is 0 Å². The first-order valence-corrected chi connectivity index (χ1v) is 6.36. The Bertz CT molecular complexity index is 237. The largest absolute Gasteiger partial charge is 0.373 e. The molecular formula is C12H22N2O2. The Hall–Kier alpha value is -0.610. The van der Waals surface area contributed by atoms with Crippen LogP contribution in [-0.4, -0.2) is 50.2 Å². The number of morpholine rings is 1. The minimum atomic E-state index is 0.170. The highest BCUT2D eigenvalue weighted by Crippen LogP contribution is 2.27. The van der Waals surface area contributed by atoms with Crippen LogP contribution in [0.2, 0.25) is 0 Å². The molecule has 1 N–H and O–H groups in total. The highest BCUT2D eigenvalue weighted by atomic mass is 16.5. The molecule has 0 aromatic rings. The minimum absolute atomic E-state index is 0.170. The highest BCUT2D eigenvalue weighted by molar-refractivity contribution is 5.79. The Kier molecular flexibility index (Phi) is 4.18. The molecule has 1 saturated carbocycles. The van der Waals surface area contributed by atoms with Gasteiger partial charge in [-0.2, -0.15) is 0 Å². The Morgan fingerprint density at radius 3 is 2.88 bits per heavy atom. The zero-order valence-corrected chi connectivity index (χ0v) is 10.1. The number of amides is 1. The Morgan fingerprint density at radius 1 is 1.44 bits per heavy atom. The van der Waals surface area contributed by atoms with Gasteiger partial charge in [0.2, 0.25) is 5.91 Å². The molecule has 16 heavy (non-hydrogen) atoms. The fourth-order valence-corrected chi connectivity index (χ4v) is 2.70. The molecular weight excluding hydrogens is 204 g/mol. The maximum Gasteiger partial charge on any atom is 0.225 e. The zero-order valence-electron chi connectivity index (χ0n) is 10.1. The lowest BCUT2D eigenvalue weighted by molar-refractivity contribution is -0.142. The van der Waals surface area contributed by atoms with Crippen molar-refractivity contribution < 1.29 is 9.53 Å². The van der Waals surface area contributed by atoms with Gasteiger partial charge in [0.05, 0.1) is 12.7 Å². The summed E-state index contributed by atoms with van der Waals surface area (Å²) in [6, 6.07) is 0. The molecule has 4 nitrogen and oxygen atoms in total. The summed E-state index contributed by atoms with van der Waals surface area (Å²) in [5.74, 6) is 0.662. The van der Waals surface area contributed by atoms with Crippen molar-refractivity contribution >= 4 is 5.91 Å². The van der Waals surface area contributed by atoms with E-state index in [9.17, 15) is 4.79 Å². The fourth-order valence-electron chi connectivity index (χ4n) is 2.70. The first kappa shape index (κ1) is 11.9. The van der Waals surface area contributed by atoms with E-state index in [0.717, 1.165) is 32.5 Å². The van der Waals surface area contributed by atoms with Crippen molar-refractivity contribution in [1.82, 2.24) is 10.2 Å². The number of hydrogen-bond acceptors (Lipinski definition) is 3. The lowest BCUT2D eigenvalue weighted by Gasteiger charge is -2.34. The molecule has 1 unspecified atom stereocenters. The lowest BCUT2D eigenvalue weighted by Crippen LogP contribution is -2.50. The van der Waals surface area contributed by atoms with Crippen LogP contribution in [0.1, 0.15) is 25.7 Å². The van der Waals surface area contributed by atoms with Crippen LogP contribution in [0.15, 0.2) is 0 Å². The van der Waals surface area contributed by atoms with Crippen molar-refractivity contribution in [2.75, 3.05) is 33.3 Å². The van der Waals surface area contributed by atoms with Gasteiger partial charge in [0.15, 0.2) is 0 Å². The molecule has 1 aliphatic carbocycles. The SMILES string of the molecule is CNCC1CN(C(=O)C2CCCC2)CCO1. The second-order valence-electron chi connectivity index (χ2n) is 4.82. The smallest absolute Gasteiger partial charge is 0.225 e. The monoisotopic (exact) mass is 226 g/mol. The van der Waals surface area contributed by atoms with Gasteiger partial charge < -0.3 is 15.0 Å². The molecule has 0 radical (unpaired) electrons. The third-order valence-corrected chi connectivity index (χ3v) is 3.59. The van der Waals surface area contributed by atoms with E-state index >= 15 is 0 Å². The second-order valence-corrected chi connectivity index (χ2v) is 4.82. The van der Waals surface area contributed by atoms with Gasteiger partial charge in [-0.1, -0.05) is 12.8 Å². The highest BCUT2D eigenvalue weighted by Gasteiger charge is 2.30. The van der Waals surface area contributed by atoms with Gasteiger partial charge in [0, 0.05) is 25.6 Å². The normalized spacial score (nSPS) is 27.3. The van der Waals surface area contributed by atoms with Gasteiger partial charge in [-0.05, 0) is 19.9 Å². The number of rotatable bonds is 3. The van der Waals surface area contributed by atoms with Crippen LogP contribution in [0.4, 0.5) is 0 Å². The van der Waals surface area contributed by atoms with Crippen molar-refractivity contribution in [1.29, 1.82) is 0 Å². The van der Waals surface area contributed by atoms with E-state index in [0.29, 0.717) is 18.4 Å². The molecule has 4 heteroatoms. The molecule has 0 spiro atoms. The number of hydrogen-bond donors (Lipinski definition) is 1. The van der Waals surface area contributed by atoms with Gasteiger partial charge in [-0.3, -0.25) is 4.79 Å². The molecule has 0 aromatic carbocycles. The maximum absolute atomic E-state index is 12.2. The average molecular weight is 226 g/mol. The van der Waals surface area contributed by atoms with Crippen molar-refractivity contribution in [3.63, 3.8) is 0 Å². The van der Waals surface area contributed by atoms with E-state index in [4.69, 9.17) is 4.74 Å². The standard InChI is InChI=1S/C12H22N2O2/c1-13-8-11-9-14(6-7-16-11)12(15)10-4-2-3-5-10/h10-11,13H,2-9H2,1H3. The first-order chi connectivity index (χ1) is 7.81. The van der Waals surface area contributed by atoms with E-state index in [1.54, 1.807) is 0 Å². The number of likely N-dealkylation sites (N-methyl/N-ethyl adjacent to an activating group) is 1.